The number of hydrogen-bond acceptors (Lipinski definition) is 3. The highest BCUT2D eigenvalue weighted by atomic mass is 16.5. The van der Waals surface area contributed by atoms with E-state index in [0.717, 1.165) is 23.1 Å². The fourth-order valence-electron chi connectivity index (χ4n) is 3.03. The summed E-state index contributed by atoms with van der Waals surface area (Å²) in [6.45, 7) is 0. The van der Waals surface area contributed by atoms with Gasteiger partial charge in [-0.2, -0.15) is 0 Å². The van der Waals surface area contributed by atoms with Gasteiger partial charge in [0, 0.05) is 12.0 Å². The Balaban J connectivity index is 1.86. The quantitative estimate of drug-likeness (QED) is 0.886. The summed E-state index contributed by atoms with van der Waals surface area (Å²) in [7, 11) is 1.53. The number of carbonyl (C=O) groups excluding carboxylic acids is 1. The van der Waals surface area contributed by atoms with E-state index in [1.807, 2.05) is 36.4 Å². The van der Waals surface area contributed by atoms with Gasteiger partial charge in [0.25, 0.3) is 0 Å². The number of ether oxygens (including phenoxy) is 1. The second-order valence-corrected chi connectivity index (χ2v) is 5.88. The third-order valence-electron chi connectivity index (χ3n) is 4.26. The molecule has 1 aliphatic heterocycles. The van der Waals surface area contributed by atoms with Crippen LogP contribution in [0, 0.1) is 0 Å². The van der Waals surface area contributed by atoms with Crippen molar-refractivity contribution in [3.63, 3.8) is 0 Å². The van der Waals surface area contributed by atoms with Crippen molar-refractivity contribution in [3.05, 3.63) is 53.6 Å². The standard InChI is InChI=1S/C19H19NO4/c1-24-17-8-6-14(10-15(17)11-19(22)23)12-2-4-13(5-3-12)16-7-9-18(21)20-16/h2-6,8,10,16H,7,9,11H2,1H3,(H,20,21)(H,22,23). The molecular weight excluding hydrogens is 306 g/mol. The maximum Gasteiger partial charge on any atom is 0.307 e. The lowest BCUT2D eigenvalue weighted by atomic mass is 9.98. The Morgan fingerprint density at radius 2 is 1.92 bits per heavy atom. The average molecular weight is 325 g/mol. The van der Waals surface area contributed by atoms with Crippen LogP contribution < -0.4 is 10.1 Å². The SMILES string of the molecule is COc1ccc(-c2ccc(C3CCC(=O)N3)cc2)cc1CC(=O)O. The monoisotopic (exact) mass is 325 g/mol. The Labute approximate surface area is 140 Å². The molecule has 2 N–H and O–H groups in total. The molecule has 5 nitrogen and oxygen atoms in total. The van der Waals surface area contributed by atoms with Gasteiger partial charge in [0.15, 0.2) is 0 Å². The normalized spacial score (nSPS) is 16.7. The van der Waals surface area contributed by atoms with E-state index in [1.54, 1.807) is 6.07 Å². The Hall–Kier alpha value is -2.82. The summed E-state index contributed by atoms with van der Waals surface area (Å²) in [4.78, 5) is 22.3. The van der Waals surface area contributed by atoms with Gasteiger partial charge < -0.3 is 15.2 Å². The molecule has 3 rings (SSSR count). The van der Waals surface area contributed by atoms with Gasteiger partial charge in [-0.1, -0.05) is 30.3 Å². The van der Waals surface area contributed by atoms with E-state index in [1.165, 1.54) is 7.11 Å². The molecule has 1 aliphatic rings. The Morgan fingerprint density at radius 3 is 2.50 bits per heavy atom. The number of rotatable bonds is 5. The fourth-order valence-corrected chi connectivity index (χ4v) is 3.03. The van der Waals surface area contributed by atoms with Gasteiger partial charge in [-0.05, 0) is 35.2 Å². The van der Waals surface area contributed by atoms with Gasteiger partial charge in [0.05, 0.1) is 19.6 Å². The second-order valence-electron chi connectivity index (χ2n) is 5.88. The number of methoxy groups -OCH3 is 1. The van der Waals surface area contributed by atoms with Crippen LogP contribution in [0.5, 0.6) is 5.75 Å². The summed E-state index contributed by atoms with van der Waals surface area (Å²) < 4.78 is 5.23. The Kier molecular flexibility index (Phi) is 4.51. The molecule has 0 spiro atoms. The van der Waals surface area contributed by atoms with Crippen molar-refractivity contribution in [2.45, 2.75) is 25.3 Å². The number of carboxylic acid groups (broad SMARTS) is 1. The van der Waals surface area contributed by atoms with Crippen LogP contribution >= 0.6 is 0 Å². The molecule has 2 aromatic rings. The molecule has 2 aromatic carbocycles. The Bertz CT molecular complexity index is 767. The van der Waals surface area contributed by atoms with Crippen LogP contribution in [0.1, 0.15) is 30.0 Å². The molecule has 0 saturated carbocycles. The third kappa shape index (κ3) is 3.40. The molecule has 0 radical (unpaired) electrons. The van der Waals surface area contributed by atoms with E-state index in [4.69, 9.17) is 9.84 Å². The zero-order chi connectivity index (χ0) is 17.1. The van der Waals surface area contributed by atoms with Crippen molar-refractivity contribution in [1.29, 1.82) is 0 Å². The number of aliphatic carboxylic acids is 1. The average Bonchev–Trinajstić information content (AvgIpc) is 3.01. The van der Waals surface area contributed by atoms with Crippen molar-refractivity contribution in [3.8, 4) is 16.9 Å². The zero-order valence-electron chi connectivity index (χ0n) is 13.4. The minimum atomic E-state index is -0.891. The Morgan fingerprint density at radius 1 is 1.21 bits per heavy atom. The summed E-state index contributed by atoms with van der Waals surface area (Å²) in [5.41, 5.74) is 3.67. The van der Waals surface area contributed by atoms with Gasteiger partial charge >= 0.3 is 5.97 Å². The van der Waals surface area contributed by atoms with Gasteiger partial charge in [-0.25, -0.2) is 0 Å². The molecular formula is C19H19NO4. The van der Waals surface area contributed by atoms with Crippen LogP contribution in [0.2, 0.25) is 0 Å². The molecule has 1 saturated heterocycles. The molecule has 124 valence electrons. The molecule has 5 heteroatoms. The molecule has 1 unspecified atom stereocenters. The molecule has 1 atom stereocenters. The smallest absolute Gasteiger partial charge is 0.307 e. The molecule has 1 amide bonds. The molecule has 0 aromatic heterocycles. The highest BCUT2D eigenvalue weighted by molar-refractivity contribution is 5.79. The first kappa shape index (κ1) is 16.1. The summed E-state index contributed by atoms with van der Waals surface area (Å²) in [5.74, 6) is -0.221. The summed E-state index contributed by atoms with van der Waals surface area (Å²) in [6, 6.07) is 13.6. The van der Waals surface area contributed by atoms with E-state index in [0.29, 0.717) is 17.7 Å². The van der Waals surface area contributed by atoms with Crippen molar-refractivity contribution in [1.82, 2.24) is 5.32 Å². The fraction of sp³-hybridized carbons (Fsp3) is 0.263. The molecule has 1 heterocycles. The number of amides is 1. The second kappa shape index (κ2) is 6.74. The lowest BCUT2D eigenvalue weighted by Crippen LogP contribution is -2.18. The lowest BCUT2D eigenvalue weighted by molar-refractivity contribution is -0.136. The summed E-state index contributed by atoms with van der Waals surface area (Å²) in [5, 5.41) is 12.0. The predicted molar refractivity (Wildman–Crippen MR) is 89.9 cm³/mol. The van der Waals surface area contributed by atoms with E-state index in [2.05, 4.69) is 5.32 Å². The minimum Gasteiger partial charge on any atom is -0.496 e. The highest BCUT2D eigenvalue weighted by Crippen LogP contribution is 2.29. The van der Waals surface area contributed by atoms with Crippen LogP contribution in [0.3, 0.4) is 0 Å². The number of carboxylic acids is 1. The number of nitrogens with one attached hydrogen (secondary N) is 1. The molecule has 0 bridgehead atoms. The summed E-state index contributed by atoms with van der Waals surface area (Å²) in [6.07, 6.45) is 1.32. The highest BCUT2D eigenvalue weighted by Gasteiger charge is 2.22. The van der Waals surface area contributed by atoms with Crippen molar-refractivity contribution >= 4 is 11.9 Å². The van der Waals surface area contributed by atoms with Crippen molar-refractivity contribution in [2.75, 3.05) is 7.11 Å². The predicted octanol–water partition coefficient (Wildman–Crippen LogP) is 2.94. The first-order chi connectivity index (χ1) is 11.6. The first-order valence-electron chi connectivity index (χ1n) is 7.85. The summed E-state index contributed by atoms with van der Waals surface area (Å²) >= 11 is 0. The van der Waals surface area contributed by atoms with Crippen LogP contribution in [0.15, 0.2) is 42.5 Å². The number of benzene rings is 2. The topological polar surface area (TPSA) is 75.6 Å². The van der Waals surface area contributed by atoms with E-state index >= 15 is 0 Å². The third-order valence-corrected chi connectivity index (χ3v) is 4.26. The van der Waals surface area contributed by atoms with E-state index in [-0.39, 0.29) is 18.4 Å². The molecule has 0 aliphatic carbocycles. The molecule has 1 fully saturated rings. The van der Waals surface area contributed by atoms with E-state index in [9.17, 15) is 9.59 Å². The van der Waals surface area contributed by atoms with Gasteiger partial charge in [-0.3, -0.25) is 9.59 Å². The number of hydrogen-bond donors (Lipinski definition) is 2. The van der Waals surface area contributed by atoms with Gasteiger partial charge in [0.1, 0.15) is 5.75 Å². The first-order valence-corrected chi connectivity index (χ1v) is 7.85. The van der Waals surface area contributed by atoms with Crippen molar-refractivity contribution in [2.24, 2.45) is 0 Å². The van der Waals surface area contributed by atoms with Crippen molar-refractivity contribution < 1.29 is 19.4 Å². The van der Waals surface area contributed by atoms with Crippen LogP contribution in [0.4, 0.5) is 0 Å². The minimum absolute atomic E-state index is 0.0802. The van der Waals surface area contributed by atoms with Gasteiger partial charge in [-0.15, -0.1) is 0 Å². The number of carbonyl (C=O) groups is 2. The largest absolute Gasteiger partial charge is 0.496 e. The maximum absolute atomic E-state index is 11.3. The molecule has 24 heavy (non-hydrogen) atoms. The van der Waals surface area contributed by atoms with Crippen LogP contribution in [-0.2, 0) is 16.0 Å². The zero-order valence-corrected chi connectivity index (χ0v) is 13.4. The van der Waals surface area contributed by atoms with Gasteiger partial charge in [0.2, 0.25) is 5.91 Å². The lowest BCUT2D eigenvalue weighted by Gasteiger charge is -2.12. The maximum atomic E-state index is 11.3. The van der Waals surface area contributed by atoms with Crippen LogP contribution in [0.25, 0.3) is 11.1 Å². The van der Waals surface area contributed by atoms with Crippen LogP contribution in [-0.4, -0.2) is 24.1 Å². The van der Waals surface area contributed by atoms with E-state index < -0.39 is 5.97 Å².